The molecule has 0 aliphatic rings. The highest BCUT2D eigenvalue weighted by Crippen LogP contribution is 1.77. The molecule has 0 N–H and O–H groups in total. The van der Waals surface area contributed by atoms with Gasteiger partial charge in [0, 0.05) is 7.11 Å². The Bertz CT molecular complexity index is 84.3. The van der Waals surface area contributed by atoms with Gasteiger partial charge < -0.3 is 9.47 Å². The minimum absolute atomic E-state index is 0.00611. The highest BCUT2D eigenvalue weighted by atomic mass is 17.0. The summed E-state index contributed by atoms with van der Waals surface area (Å²) in [5.74, 6) is 0. The fourth-order valence-electron chi connectivity index (χ4n) is 0.198. The molecule has 0 aliphatic carbocycles. The molecule has 6 nitrogen and oxygen atoms in total. The van der Waals surface area contributed by atoms with E-state index >= 15 is 0 Å². The Morgan fingerprint density at radius 2 is 2.22 bits per heavy atom. The smallest absolute Gasteiger partial charge is 0.296 e. The topological polar surface area (TPSA) is 70.8 Å². The molecule has 0 aliphatic heterocycles. The maximum Gasteiger partial charge on any atom is 0.296 e. The largest absolute Gasteiger partial charge is 0.359 e. The Morgan fingerprint density at radius 3 is 2.67 bits per heavy atom. The molecule has 6 heteroatoms. The molecule has 0 aromatic carbocycles. The normalized spacial score (nSPS) is 9.00. The predicted molar refractivity (Wildman–Crippen MR) is 25.9 cm³/mol. The van der Waals surface area contributed by atoms with Gasteiger partial charge in [-0.25, -0.2) is 0 Å². The summed E-state index contributed by atoms with van der Waals surface area (Å²) in [5, 5.41) is 8.49. The number of hydrogen-bond donors (Lipinski definition) is 0. The second-order valence-electron chi connectivity index (χ2n) is 1.08. The molecule has 0 rings (SSSR count). The first-order valence-electron chi connectivity index (χ1n) is 2.11. The molecular weight excluding hydrogens is 130 g/mol. The van der Waals surface area contributed by atoms with Crippen molar-refractivity contribution in [1.29, 1.82) is 0 Å². The van der Waals surface area contributed by atoms with Crippen molar-refractivity contribution >= 4 is 0 Å². The van der Waals surface area contributed by atoms with Crippen LogP contribution in [0.5, 0.6) is 0 Å². The van der Waals surface area contributed by atoms with Gasteiger partial charge in [-0.15, -0.1) is 10.1 Å². The van der Waals surface area contributed by atoms with Crippen LogP contribution in [0.15, 0.2) is 0 Å². The van der Waals surface area contributed by atoms with Gasteiger partial charge in [-0.05, 0) is 0 Å². The van der Waals surface area contributed by atoms with E-state index in [0.29, 0.717) is 0 Å². The standard InChI is InChI=1S/C3H7NO5/c1-7-2-8-3-9-4(5)6/h2-3H2,1H3. The van der Waals surface area contributed by atoms with Gasteiger partial charge in [-0.1, -0.05) is 0 Å². The fraction of sp³-hybridized carbons (Fsp3) is 1.00. The zero-order valence-corrected chi connectivity index (χ0v) is 4.90. The molecule has 0 aromatic heterocycles. The van der Waals surface area contributed by atoms with Crippen LogP contribution in [0.4, 0.5) is 0 Å². The Balaban J connectivity index is 2.83. The van der Waals surface area contributed by atoms with E-state index in [1.165, 1.54) is 7.11 Å². The van der Waals surface area contributed by atoms with Gasteiger partial charge in [0.25, 0.3) is 5.09 Å². The van der Waals surface area contributed by atoms with Crippen LogP contribution >= 0.6 is 0 Å². The molecule has 0 saturated carbocycles. The first kappa shape index (κ1) is 8.12. The van der Waals surface area contributed by atoms with Gasteiger partial charge >= 0.3 is 0 Å². The Kier molecular flexibility index (Phi) is 4.75. The van der Waals surface area contributed by atoms with Gasteiger partial charge in [0.15, 0.2) is 6.79 Å². The summed E-state index contributed by atoms with van der Waals surface area (Å²) in [6, 6.07) is 0. The number of hydrogen-bond acceptors (Lipinski definition) is 5. The highest BCUT2D eigenvalue weighted by Gasteiger charge is 1.91. The second-order valence-corrected chi connectivity index (χ2v) is 1.08. The van der Waals surface area contributed by atoms with Crippen molar-refractivity contribution in [3.05, 3.63) is 10.1 Å². The van der Waals surface area contributed by atoms with E-state index in [1.807, 2.05) is 0 Å². The lowest BCUT2D eigenvalue weighted by atomic mass is 11.3. The highest BCUT2D eigenvalue weighted by molar-refractivity contribution is 3.96. The Labute approximate surface area is 51.4 Å². The van der Waals surface area contributed by atoms with Crippen molar-refractivity contribution < 1.29 is 19.4 Å². The van der Waals surface area contributed by atoms with Crippen molar-refractivity contribution in [3.8, 4) is 0 Å². The predicted octanol–water partition coefficient (Wildman–Crippen LogP) is -0.227. The van der Waals surface area contributed by atoms with E-state index in [-0.39, 0.29) is 13.6 Å². The van der Waals surface area contributed by atoms with Crippen LogP contribution in [-0.2, 0) is 14.3 Å². The zero-order valence-electron chi connectivity index (χ0n) is 4.90. The quantitative estimate of drug-likeness (QED) is 0.226. The molecule has 0 spiro atoms. The molecule has 0 fully saturated rings. The zero-order chi connectivity index (χ0) is 7.11. The number of nitrogens with zero attached hydrogens (tertiary/aromatic N) is 1. The number of methoxy groups -OCH3 is 1. The van der Waals surface area contributed by atoms with Gasteiger partial charge in [-0.3, -0.25) is 4.84 Å². The van der Waals surface area contributed by atoms with Crippen LogP contribution in [0.1, 0.15) is 0 Å². The van der Waals surface area contributed by atoms with E-state index in [4.69, 9.17) is 0 Å². The second kappa shape index (κ2) is 5.26. The van der Waals surface area contributed by atoms with Crippen molar-refractivity contribution in [2.24, 2.45) is 0 Å². The number of rotatable bonds is 5. The molecule has 54 valence electrons. The summed E-state index contributed by atoms with van der Waals surface area (Å²) in [6.07, 6.45) is 0. The summed E-state index contributed by atoms with van der Waals surface area (Å²) in [4.78, 5) is 13.2. The lowest BCUT2D eigenvalue weighted by molar-refractivity contribution is -0.767. The molecule has 0 heterocycles. The van der Waals surface area contributed by atoms with E-state index in [1.54, 1.807) is 0 Å². The van der Waals surface area contributed by atoms with Crippen LogP contribution in [0.3, 0.4) is 0 Å². The molecule has 0 atom stereocenters. The minimum Gasteiger partial charge on any atom is -0.359 e. The Morgan fingerprint density at radius 1 is 1.56 bits per heavy atom. The minimum atomic E-state index is -0.935. The van der Waals surface area contributed by atoms with Gasteiger partial charge in [0.2, 0.25) is 0 Å². The van der Waals surface area contributed by atoms with Crippen LogP contribution in [0.25, 0.3) is 0 Å². The number of ether oxygens (including phenoxy) is 2. The third-order valence-electron chi connectivity index (χ3n) is 0.443. The molecule has 0 saturated heterocycles. The van der Waals surface area contributed by atoms with Crippen molar-refractivity contribution in [2.45, 2.75) is 0 Å². The van der Waals surface area contributed by atoms with Crippen LogP contribution in [0.2, 0.25) is 0 Å². The lowest BCUT2D eigenvalue weighted by Crippen LogP contribution is -2.06. The fourth-order valence-corrected chi connectivity index (χ4v) is 0.198. The third-order valence-corrected chi connectivity index (χ3v) is 0.443. The van der Waals surface area contributed by atoms with Crippen molar-refractivity contribution in [2.75, 3.05) is 20.7 Å². The first-order valence-corrected chi connectivity index (χ1v) is 2.11. The molecule has 0 radical (unpaired) electrons. The summed E-state index contributed by atoms with van der Waals surface area (Å²) >= 11 is 0. The average Bonchev–Trinajstić information content (AvgIpc) is 1.80. The molecule has 0 unspecified atom stereocenters. The first-order chi connectivity index (χ1) is 4.27. The van der Waals surface area contributed by atoms with Crippen molar-refractivity contribution in [3.63, 3.8) is 0 Å². The molecular formula is C3H7NO5. The SMILES string of the molecule is COCOCO[N+](=O)[O-]. The monoisotopic (exact) mass is 137 g/mol. The van der Waals surface area contributed by atoms with Crippen LogP contribution in [0, 0.1) is 10.1 Å². The van der Waals surface area contributed by atoms with E-state index < -0.39 is 5.09 Å². The summed E-state index contributed by atoms with van der Waals surface area (Å²) in [6.45, 7) is -0.394. The summed E-state index contributed by atoms with van der Waals surface area (Å²) in [5.41, 5.74) is 0. The molecule has 0 bridgehead atoms. The van der Waals surface area contributed by atoms with Crippen molar-refractivity contribution in [1.82, 2.24) is 0 Å². The maximum absolute atomic E-state index is 9.42. The van der Waals surface area contributed by atoms with Crippen LogP contribution < -0.4 is 0 Å². The van der Waals surface area contributed by atoms with E-state index in [2.05, 4.69) is 14.3 Å². The van der Waals surface area contributed by atoms with Crippen LogP contribution in [-0.4, -0.2) is 25.8 Å². The van der Waals surface area contributed by atoms with Gasteiger partial charge in [-0.2, -0.15) is 0 Å². The average molecular weight is 137 g/mol. The summed E-state index contributed by atoms with van der Waals surface area (Å²) in [7, 11) is 1.41. The van der Waals surface area contributed by atoms with Gasteiger partial charge in [0.1, 0.15) is 6.79 Å². The molecule has 0 amide bonds. The summed E-state index contributed by atoms with van der Waals surface area (Å²) < 4.78 is 8.81. The Hall–Kier alpha value is -0.880. The molecule has 0 aromatic rings. The van der Waals surface area contributed by atoms with E-state index in [0.717, 1.165) is 0 Å². The molecule has 9 heavy (non-hydrogen) atoms. The third kappa shape index (κ3) is 7.12. The lowest BCUT2D eigenvalue weighted by Gasteiger charge is -1.98. The van der Waals surface area contributed by atoms with E-state index in [9.17, 15) is 10.1 Å². The maximum atomic E-state index is 9.42. The van der Waals surface area contributed by atoms with Gasteiger partial charge in [0.05, 0.1) is 0 Å².